The highest BCUT2D eigenvalue weighted by molar-refractivity contribution is 7.89. The van der Waals surface area contributed by atoms with Gasteiger partial charge < -0.3 is 10.1 Å². The molecule has 0 bridgehead atoms. The molecule has 8 heteroatoms. The standard InChI is InChI=1S/C24H30N2O5S/c1-4-31-23(27)15-19-9-11-21(12-10-19)25-24(28)20-6-5-13-26(16-20)32(29,30)22-14-17(2)7-8-18(22)3/h7-12,14,20H,4-6,13,15-16H2,1-3H3,(H,25,28)/t20-/m1/s1. The van der Waals surface area contributed by atoms with Gasteiger partial charge in [-0.1, -0.05) is 24.3 Å². The molecule has 0 unspecified atom stereocenters. The Morgan fingerprint density at radius 1 is 1.12 bits per heavy atom. The van der Waals surface area contributed by atoms with Crippen LogP contribution in [0.2, 0.25) is 0 Å². The minimum Gasteiger partial charge on any atom is -0.466 e. The van der Waals surface area contributed by atoms with Gasteiger partial charge in [0.05, 0.1) is 23.8 Å². The van der Waals surface area contributed by atoms with E-state index in [0.29, 0.717) is 42.1 Å². The highest BCUT2D eigenvalue weighted by atomic mass is 32.2. The summed E-state index contributed by atoms with van der Waals surface area (Å²) in [7, 11) is -3.67. The normalized spacial score (nSPS) is 17.0. The van der Waals surface area contributed by atoms with E-state index >= 15 is 0 Å². The first-order chi connectivity index (χ1) is 15.2. The highest BCUT2D eigenvalue weighted by Gasteiger charge is 2.34. The van der Waals surface area contributed by atoms with E-state index in [0.717, 1.165) is 11.1 Å². The number of rotatable bonds is 7. The third-order valence-electron chi connectivity index (χ3n) is 5.59. The summed E-state index contributed by atoms with van der Waals surface area (Å²) in [5, 5.41) is 2.87. The summed E-state index contributed by atoms with van der Waals surface area (Å²) in [5.41, 5.74) is 2.99. The number of hydrogen-bond donors (Lipinski definition) is 1. The largest absolute Gasteiger partial charge is 0.466 e. The van der Waals surface area contributed by atoms with E-state index in [1.54, 1.807) is 44.2 Å². The lowest BCUT2D eigenvalue weighted by atomic mass is 9.98. The molecular formula is C24H30N2O5S. The van der Waals surface area contributed by atoms with E-state index in [1.165, 1.54) is 4.31 Å². The van der Waals surface area contributed by atoms with Crippen LogP contribution in [0.15, 0.2) is 47.4 Å². The molecule has 0 radical (unpaired) electrons. The van der Waals surface area contributed by atoms with E-state index in [4.69, 9.17) is 4.74 Å². The molecule has 0 aliphatic carbocycles. The van der Waals surface area contributed by atoms with Gasteiger partial charge in [-0.3, -0.25) is 9.59 Å². The molecule has 1 fully saturated rings. The van der Waals surface area contributed by atoms with Crippen LogP contribution in [0, 0.1) is 19.8 Å². The van der Waals surface area contributed by atoms with E-state index in [2.05, 4.69) is 5.32 Å². The number of nitrogens with one attached hydrogen (secondary N) is 1. The van der Waals surface area contributed by atoms with Crippen LogP contribution in [0.4, 0.5) is 5.69 Å². The molecule has 1 aliphatic heterocycles. The van der Waals surface area contributed by atoms with E-state index < -0.39 is 15.9 Å². The average Bonchev–Trinajstić information content (AvgIpc) is 2.77. The Hall–Kier alpha value is -2.71. The first kappa shape index (κ1) is 23.9. The van der Waals surface area contributed by atoms with Gasteiger partial charge in [0.1, 0.15) is 0 Å². The van der Waals surface area contributed by atoms with Crippen molar-refractivity contribution >= 4 is 27.6 Å². The van der Waals surface area contributed by atoms with Crippen molar-refractivity contribution in [2.75, 3.05) is 25.0 Å². The van der Waals surface area contributed by atoms with Crippen molar-refractivity contribution in [3.63, 3.8) is 0 Å². The van der Waals surface area contributed by atoms with Gasteiger partial charge >= 0.3 is 5.97 Å². The maximum Gasteiger partial charge on any atom is 0.310 e. The molecule has 1 atom stereocenters. The summed E-state index contributed by atoms with van der Waals surface area (Å²) in [5.74, 6) is -0.927. The fraction of sp³-hybridized carbons (Fsp3) is 0.417. The number of sulfonamides is 1. The van der Waals surface area contributed by atoms with Crippen molar-refractivity contribution in [1.82, 2.24) is 4.31 Å². The number of hydrogen-bond acceptors (Lipinski definition) is 5. The summed E-state index contributed by atoms with van der Waals surface area (Å²) in [6.45, 7) is 6.31. The molecule has 2 aromatic rings. The van der Waals surface area contributed by atoms with Crippen LogP contribution in [-0.4, -0.2) is 44.3 Å². The van der Waals surface area contributed by atoms with Crippen LogP contribution in [0.5, 0.6) is 0 Å². The number of ether oxygens (including phenoxy) is 1. The summed E-state index contributed by atoms with van der Waals surface area (Å²) < 4.78 is 32.8. The van der Waals surface area contributed by atoms with Crippen LogP contribution in [0.25, 0.3) is 0 Å². The van der Waals surface area contributed by atoms with Gasteiger partial charge in [0, 0.05) is 18.8 Å². The second kappa shape index (κ2) is 10.3. The Balaban J connectivity index is 1.65. The number of nitrogens with zero attached hydrogens (tertiary/aromatic N) is 1. The van der Waals surface area contributed by atoms with Crippen LogP contribution in [0.3, 0.4) is 0 Å². The molecule has 2 aromatic carbocycles. The van der Waals surface area contributed by atoms with Gasteiger partial charge in [-0.15, -0.1) is 0 Å². The summed E-state index contributed by atoms with van der Waals surface area (Å²) >= 11 is 0. The maximum atomic E-state index is 13.2. The predicted octanol–water partition coefficient (Wildman–Crippen LogP) is 3.45. The van der Waals surface area contributed by atoms with Crippen molar-refractivity contribution in [1.29, 1.82) is 0 Å². The second-order valence-electron chi connectivity index (χ2n) is 8.14. The number of carbonyl (C=O) groups excluding carboxylic acids is 2. The fourth-order valence-corrected chi connectivity index (χ4v) is 5.66. The van der Waals surface area contributed by atoms with Crippen LogP contribution in [0.1, 0.15) is 36.5 Å². The van der Waals surface area contributed by atoms with Crippen molar-refractivity contribution in [3.8, 4) is 0 Å². The minimum atomic E-state index is -3.67. The molecule has 3 rings (SSSR count). The zero-order valence-corrected chi connectivity index (χ0v) is 19.6. The van der Waals surface area contributed by atoms with Gasteiger partial charge in [0.2, 0.25) is 15.9 Å². The molecule has 1 N–H and O–H groups in total. The molecular weight excluding hydrogens is 428 g/mol. The monoisotopic (exact) mass is 458 g/mol. The molecule has 1 aliphatic rings. The SMILES string of the molecule is CCOC(=O)Cc1ccc(NC(=O)[C@@H]2CCCN(S(=O)(=O)c3cc(C)ccc3C)C2)cc1. The third kappa shape index (κ3) is 5.75. The van der Waals surface area contributed by atoms with Crippen LogP contribution >= 0.6 is 0 Å². The Labute approximate surface area is 189 Å². The number of piperidine rings is 1. The number of benzene rings is 2. The van der Waals surface area contributed by atoms with E-state index in [1.807, 2.05) is 19.1 Å². The van der Waals surface area contributed by atoms with Crippen LogP contribution in [-0.2, 0) is 30.8 Å². The second-order valence-corrected chi connectivity index (χ2v) is 10.0. The van der Waals surface area contributed by atoms with Crippen molar-refractivity contribution in [2.24, 2.45) is 5.92 Å². The van der Waals surface area contributed by atoms with Crippen molar-refractivity contribution in [2.45, 2.75) is 44.9 Å². The summed E-state index contributed by atoms with van der Waals surface area (Å²) in [6.07, 6.45) is 1.43. The zero-order valence-electron chi connectivity index (χ0n) is 18.8. The van der Waals surface area contributed by atoms with Gasteiger partial charge in [0.25, 0.3) is 0 Å². The fourth-order valence-electron chi connectivity index (χ4n) is 3.83. The molecule has 1 saturated heterocycles. The first-order valence-corrected chi connectivity index (χ1v) is 12.3. The van der Waals surface area contributed by atoms with Crippen LogP contribution < -0.4 is 5.32 Å². The lowest BCUT2D eigenvalue weighted by Crippen LogP contribution is -2.43. The van der Waals surface area contributed by atoms with Gasteiger partial charge in [-0.25, -0.2) is 8.42 Å². The summed E-state index contributed by atoms with van der Waals surface area (Å²) in [6, 6.07) is 12.4. The number of carbonyl (C=O) groups is 2. The number of amides is 1. The van der Waals surface area contributed by atoms with E-state index in [9.17, 15) is 18.0 Å². The number of anilines is 1. The molecule has 0 aromatic heterocycles. The lowest BCUT2D eigenvalue weighted by Gasteiger charge is -2.31. The Morgan fingerprint density at radius 2 is 1.84 bits per heavy atom. The zero-order chi connectivity index (χ0) is 23.3. The van der Waals surface area contributed by atoms with Gasteiger partial charge in [-0.05, 0) is 68.5 Å². The number of aryl methyl sites for hydroxylation is 2. The van der Waals surface area contributed by atoms with Gasteiger partial charge in [0.15, 0.2) is 0 Å². The predicted molar refractivity (Wildman–Crippen MR) is 123 cm³/mol. The summed E-state index contributed by atoms with van der Waals surface area (Å²) in [4.78, 5) is 24.7. The molecule has 1 heterocycles. The Bertz CT molecular complexity index is 1080. The topological polar surface area (TPSA) is 92.8 Å². The first-order valence-electron chi connectivity index (χ1n) is 10.8. The molecule has 7 nitrogen and oxygen atoms in total. The molecule has 32 heavy (non-hydrogen) atoms. The lowest BCUT2D eigenvalue weighted by molar-refractivity contribution is -0.142. The smallest absolute Gasteiger partial charge is 0.310 e. The molecule has 0 spiro atoms. The Kier molecular flexibility index (Phi) is 7.69. The molecule has 0 saturated carbocycles. The highest BCUT2D eigenvalue weighted by Crippen LogP contribution is 2.27. The Morgan fingerprint density at radius 3 is 2.53 bits per heavy atom. The quantitative estimate of drug-likeness (QED) is 0.642. The van der Waals surface area contributed by atoms with Crippen molar-refractivity contribution < 1.29 is 22.7 Å². The minimum absolute atomic E-state index is 0.155. The molecule has 172 valence electrons. The average molecular weight is 459 g/mol. The third-order valence-corrected chi connectivity index (χ3v) is 7.60. The van der Waals surface area contributed by atoms with Gasteiger partial charge in [-0.2, -0.15) is 4.31 Å². The van der Waals surface area contributed by atoms with Crippen molar-refractivity contribution in [3.05, 3.63) is 59.2 Å². The molecule has 1 amide bonds. The van der Waals surface area contributed by atoms with E-state index in [-0.39, 0.29) is 24.8 Å². The number of esters is 1. The maximum absolute atomic E-state index is 13.2.